The summed E-state index contributed by atoms with van der Waals surface area (Å²) in [5, 5.41) is 1.29. The van der Waals surface area contributed by atoms with Gasteiger partial charge in [0, 0.05) is 16.1 Å². The molecule has 0 saturated heterocycles. The molecule has 0 bridgehead atoms. The van der Waals surface area contributed by atoms with Crippen molar-refractivity contribution < 1.29 is 4.39 Å². The first-order valence-corrected chi connectivity index (χ1v) is 4.75. The van der Waals surface area contributed by atoms with Crippen LogP contribution in [0, 0.1) is 5.82 Å². The van der Waals surface area contributed by atoms with E-state index in [9.17, 15) is 4.39 Å². The Kier molecular flexibility index (Phi) is 2.22. The Hall–Kier alpha value is -0.670. The lowest BCUT2D eigenvalue weighted by Crippen LogP contribution is -1.84. The molecule has 0 amide bonds. The smallest absolute Gasteiger partial charge is 0.139 e. The van der Waals surface area contributed by atoms with Crippen LogP contribution in [0.4, 0.5) is 4.39 Å². The maximum Gasteiger partial charge on any atom is 0.139 e. The Morgan fingerprint density at radius 2 is 2.15 bits per heavy atom. The number of benzene rings is 1. The highest BCUT2D eigenvalue weighted by molar-refractivity contribution is 9.10. The van der Waals surface area contributed by atoms with E-state index in [4.69, 9.17) is 11.6 Å². The zero-order chi connectivity index (χ0) is 9.42. The highest BCUT2D eigenvalue weighted by Gasteiger charge is 2.07. The molecule has 1 heterocycles. The lowest BCUT2D eigenvalue weighted by molar-refractivity contribution is 0.639. The maximum atomic E-state index is 13.3. The molecule has 0 aliphatic carbocycles. The van der Waals surface area contributed by atoms with Crippen molar-refractivity contribution in [1.29, 1.82) is 0 Å². The van der Waals surface area contributed by atoms with E-state index in [0.717, 1.165) is 9.86 Å². The van der Waals surface area contributed by atoms with Gasteiger partial charge in [0.2, 0.25) is 0 Å². The molecule has 0 radical (unpaired) electrons. The van der Waals surface area contributed by atoms with Gasteiger partial charge in [0.05, 0.1) is 5.39 Å². The number of aromatic nitrogens is 1. The highest BCUT2D eigenvalue weighted by atomic mass is 79.9. The standard InChI is InChI=1S/C9H4BrClFN/c10-6-4-13-9(11)8-5(6)2-1-3-7(8)12/h1-4H. The van der Waals surface area contributed by atoms with Crippen LogP contribution in [-0.2, 0) is 0 Å². The number of hydrogen-bond donors (Lipinski definition) is 0. The van der Waals surface area contributed by atoms with Crippen LogP contribution in [0.1, 0.15) is 0 Å². The topological polar surface area (TPSA) is 12.9 Å². The van der Waals surface area contributed by atoms with Crippen LogP contribution in [0.5, 0.6) is 0 Å². The zero-order valence-electron chi connectivity index (χ0n) is 6.39. The average Bonchev–Trinajstić information content (AvgIpc) is 2.12. The third-order valence-corrected chi connectivity index (χ3v) is 2.69. The van der Waals surface area contributed by atoms with Crippen molar-refractivity contribution in [3.63, 3.8) is 0 Å². The first kappa shape index (κ1) is 8.91. The molecule has 0 aliphatic heterocycles. The Morgan fingerprint density at radius 3 is 2.85 bits per heavy atom. The average molecular weight is 260 g/mol. The van der Waals surface area contributed by atoms with Crippen LogP contribution < -0.4 is 0 Å². The molecule has 4 heteroatoms. The van der Waals surface area contributed by atoms with Crippen LogP contribution in [0.3, 0.4) is 0 Å². The molecule has 66 valence electrons. The van der Waals surface area contributed by atoms with Crippen LogP contribution >= 0.6 is 27.5 Å². The molecule has 0 spiro atoms. The minimum atomic E-state index is -0.351. The fourth-order valence-electron chi connectivity index (χ4n) is 1.18. The molecule has 0 atom stereocenters. The predicted octanol–water partition coefficient (Wildman–Crippen LogP) is 3.79. The summed E-state index contributed by atoms with van der Waals surface area (Å²) >= 11 is 9.04. The first-order chi connectivity index (χ1) is 6.20. The van der Waals surface area contributed by atoms with Crippen molar-refractivity contribution in [2.24, 2.45) is 0 Å². The van der Waals surface area contributed by atoms with Gasteiger partial charge >= 0.3 is 0 Å². The van der Waals surface area contributed by atoms with Crippen molar-refractivity contribution in [1.82, 2.24) is 4.98 Å². The van der Waals surface area contributed by atoms with Crippen molar-refractivity contribution in [2.45, 2.75) is 0 Å². The van der Waals surface area contributed by atoms with Crippen molar-refractivity contribution >= 4 is 38.3 Å². The molecule has 0 fully saturated rings. The van der Waals surface area contributed by atoms with Gasteiger partial charge in [-0.3, -0.25) is 0 Å². The second-order valence-electron chi connectivity index (χ2n) is 2.56. The van der Waals surface area contributed by atoms with Crippen LogP contribution in [0.25, 0.3) is 10.8 Å². The predicted molar refractivity (Wildman–Crippen MR) is 54.4 cm³/mol. The van der Waals surface area contributed by atoms with Crippen LogP contribution in [0.15, 0.2) is 28.9 Å². The van der Waals surface area contributed by atoms with E-state index < -0.39 is 0 Å². The number of rotatable bonds is 0. The SMILES string of the molecule is Fc1cccc2c(Br)cnc(Cl)c12. The second-order valence-corrected chi connectivity index (χ2v) is 3.77. The Labute approximate surface area is 87.7 Å². The lowest BCUT2D eigenvalue weighted by Gasteiger charge is -2.02. The van der Waals surface area contributed by atoms with Crippen molar-refractivity contribution in [3.8, 4) is 0 Å². The molecular formula is C9H4BrClFN. The number of pyridine rings is 1. The summed E-state index contributed by atoms with van der Waals surface area (Å²) in [5.41, 5.74) is 0. The van der Waals surface area contributed by atoms with E-state index >= 15 is 0 Å². The molecule has 1 aromatic heterocycles. The summed E-state index contributed by atoms with van der Waals surface area (Å²) in [7, 11) is 0. The van der Waals surface area contributed by atoms with E-state index in [1.165, 1.54) is 6.07 Å². The number of hydrogen-bond acceptors (Lipinski definition) is 1. The van der Waals surface area contributed by atoms with Crippen LogP contribution in [-0.4, -0.2) is 4.98 Å². The third-order valence-electron chi connectivity index (χ3n) is 1.77. The monoisotopic (exact) mass is 259 g/mol. The Bertz CT molecular complexity index is 464. The minimum Gasteiger partial charge on any atom is -0.243 e. The molecule has 1 aromatic carbocycles. The summed E-state index contributed by atoms with van der Waals surface area (Å²) in [6.45, 7) is 0. The van der Waals surface area contributed by atoms with Gasteiger partial charge in [-0.15, -0.1) is 0 Å². The maximum absolute atomic E-state index is 13.3. The highest BCUT2D eigenvalue weighted by Crippen LogP contribution is 2.29. The van der Waals surface area contributed by atoms with Gasteiger partial charge in [0.15, 0.2) is 0 Å². The van der Waals surface area contributed by atoms with Gasteiger partial charge in [-0.2, -0.15) is 0 Å². The Morgan fingerprint density at radius 1 is 1.38 bits per heavy atom. The molecular weight excluding hydrogens is 256 g/mol. The van der Waals surface area contributed by atoms with Gasteiger partial charge < -0.3 is 0 Å². The minimum absolute atomic E-state index is 0.191. The van der Waals surface area contributed by atoms with Gasteiger partial charge in [-0.05, 0) is 22.0 Å². The molecule has 0 aliphatic rings. The van der Waals surface area contributed by atoms with E-state index in [0.29, 0.717) is 5.39 Å². The number of halogens is 3. The summed E-state index contributed by atoms with van der Waals surface area (Å²) in [5.74, 6) is -0.351. The molecule has 2 aromatic rings. The van der Waals surface area contributed by atoms with Gasteiger partial charge in [0.1, 0.15) is 11.0 Å². The van der Waals surface area contributed by atoms with Crippen molar-refractivity contribution in [2.75, 3.05) is 0 Å². The quantitative estimate of drug-likeness (QED) is 0.657. The summed E-state index contributed by atoms with van der Waals surface area (Å²) in [4.78, 5) is 3.85. The number of nitrogens with zero attached hydrogens (tertiary/aromatic N) is 1. The summed E-state index contributed by atoms with van der Waals surface area (Å²) in [6, 6.07) is 4.79. The zero-order valence-corrected chi connectivity index (χ0v) is 8.73. The van der Waals surface area contributed by atoms with Gasteiger partial charge in [0.25, 0.3) is 0 Å². The van der Waals surface area contributed by atoms with E-state index in [1.807, 2.05) is 0 Å². The molecule has 0 N–H and O–H groups in total. The second kappa shape index (κ2) is 3.24. The molecule has 2 rings (SSSR count). The van der Waals surface area contributed by atoms with E-state index in [1.54, 1.807) is 18.3 Å². The lowest BCUT2D eigenvalue weighted by atomic mass is 10.2. The summed E-state index contributed by atoms with van der Waals surface area (Å²) < 4.78 is 14.0. The molecule has 0 saturated carbocycles. The molecule has 0 unspecified atom stereocenters. The third kappa shape index (κ3) is 1.42. The van der Waals surface area contributed by atoms with Crippen LogP contribution in [0.2, 0.25) is 5.15 Å². The molecule has 1 nitrogen and oxygen atoms in total. The fraction of sp³-hybridized carbons (Fsp3) is 0. The first-order valence-electron chi connectivity index (χ1n) is 3.58. The largest absolute Gasteiger partial charge is 0.243 e. The fourth-order valence-corrected chi connectivity index (χ4v) is 1.85. The van der Waals surface area contributed by atoms with Crippen molar-refractivity contribution in [3.05, 3.63) is 39.8 Å². The number of fused-ring (bicyclic) bond motifs is 1. The normalized spacial score (nSPS) is 10.7. The summed E-state index contributed by atoms with van der Waals surface area (Å²) in [6.07, 6.45) is 1.56. The van der Waals surface area contributed by atoms with Gasteiger partial charge in [-0.25, -0.2) is 9.37 Å². The molecule has 13 heavy (non-hydrogen) atoms. The van der Waals surface area contributed by atoms with E-state index in [2.05, 4.69) is 20.9 Å². The van der Waals surface area contributed by atoms with Gasteiger partial charge in [-0.1, -0.05) is 23.7 Å². The van der Waals surface area contributed by atoms with E-state index in [-0.39, 0.29) is 11.0 Å². The Balaban J connectivity index is 3.00.